The van der Waals surface area contributed by atoms with Gasteiger partial charge in [-0.3, -0.25) is 14.7 Å². The molecule has 0 radical (unpaired) electrons. The molecule has 0 aliphatic carbocycles. The van der Waals surface area contributed by atoms with Crippen molar-refractivity contribution in [1.29, 1.82) is 0 Å². The molecule has 3 N–H and O–H groups in total. The molecule has 1 aromatic heterocycles. The fourth-order valence-electron chi connectivity index (χ4n) is 4.94. The Labute approximate surface area is 197 Å². The quantitative estimate of drug-likeness (QED) is 0.201. The predicted octanol–water partition coefficient (Wildman–Crippen LogP) is 3.43. The largest absolute Gasteiger partial charge is 0.394 e. The van der Waals surface area contributed by atoms with Crippen LogP contribution in [0.15, 0.2) is 65.6 Å². The minimum absolute atomic E-state index is 0.0539. The van der Waals surface area contributed by atoms with Crippen molar-refractivity contribution in [2.75, 3.05) is 11.9 Å². The molecule has 1 aliphatic rings. The van der Waals surface area contributed by atoms with Crippen LogP contribution < -0.4 is 11.0 Å². The Morgan fingerprint density at radius 2 is 1.74 bits per heavy atom. The molecule has 4 aromatic carbocycles. The summed E-state index contributed by atoms with van der Waals surface area (Å²) in [5.74, 6) is 0.324. The summed E-state index contributed by atoms with van der Waals surface area (Å²) in [6.07, 6.45) is -0.587. The van der Waals surface area contributed by atoms with Gasteiger partial charge in [0, 0.05) is 35.1 Å². The van der Waals surface area contributed by atoms with Gasteiger partial charge in [-0.1, -0.05) is 24.3 Å². The molecule has 0 bridgehead atoms. The zero-order valence-electron chi connectivity index (χ0n) is 18.3. The van der Waals surface area contributed by atoms with Gasteiger partial charge in [-0.05, 0) is 40.4 Å². The third-order valence-corrected chi connectivity index (χ3v) is 6.63. The Kier molecular flexibility index (Phi) is 4.88. The molecule has 5 aromatic rings. The summed E-state index contributed by atoms with van der Waals surface area (Å²) in [5.41, 5.74) is 0.202. The third kappa shape index (κ3) is 3.38. The average molecular weight is 472 g/mol. The van der Waals surface area contributed by atoms with Crippen LogP contribution in [0.5, 0.6) is 0 Å². The minimum Gasteiger partial charge on any atom is -0.394 e. The molecule has 1 aliphatic heterocycles. The standard InChI is InChI=1S/C25H20N4O6/c30-12-20-19(31)11-22(35-20)28-10-9-21(27-25(28)32)26-17-7-3-13-2-6-16-18(29(33)34)8-4-14-1-5-15(17)23(13)24(14)16/h1-10,19-20,22,30-31H,11-12H2,(H,26,27,32)/t19-,20+,22+/m0/s1. The van der Waals surface area contributed by atoms with Crippen molar-refractivity contribution in [2.45, 2.75) is 24.9 Å². The van der Waals surface area contributed by atoms with Crippen molar-refractivity contribution >= 4 is 49.5 Å². The molecule has 0 unspecified atom stereocenters. The van der Waals surface area contributed by atoms with E-state index in [0.717, 1.165) is 26.9 Å². The summed E-state index contributed by atoms with van der Waals surface area (Å²) in [4.78, 5) is 28.0. The van der Waals surface area contributed by atoms with Crippen molar-refractivity contribution in [3.63, 3.8) is 0 Å². The van der Waals surface area contributed by atoms with Gasteiger partial charge in [-0.2, -0.15) is 4.98 Å². The Morgan fingerprint density at radius 3 is 2.43 bits per heavy atom. The van der Waals surface area contributed by atoms with Crippen LogP contribution in [0.1, 0.15) is 12.6 Å². The van der Waals surface area contributed by atoms with E-state index < -0.39 is 24.1 Å². The minimum atomic E-state index is -0.859. The first-order valence-electron chi connectivity index (χ1n) is 11.1. The Hall–Kier alpha value is -4.12. The summed E-state index contributed by atoms with van der Waals surface area (Å²) in [6.45, 7) is -0.336. The van der Waals surface area contributed by atoms with Crippen molar-refractivity contribution in [3.8, 4) is 0 Å². The van der Waals surface area contributed by atoms with E-state index in [1.54, 1.807) is 18.2 Å². The van der Waals surface area contributed by atoms with Crippen molar-refractivity contribution in [2.24, 2.45) is 0 Å². The summed E-state index contributed by atoms with van der Waals surface area (Å²) >= 11 is 0. The fourth-order valence-corrected chi connectivity index (χ4v) is 4.94. The fraction of sp³-hybridized carbons (Fsp3) is 0.200. The van der Waals surface area contributed by atoms with Crippen LogP contribution >= 0.6 is 0 Å². The highest BCUT2D eigenvalue weighted by Crippen LogP contribution is 2.41. The molecule has 6 rings (SSSR count). The molecule has 35 heavy (non-hydrogen) atoms. The van der Waals surface area contributed by atoms with Gasteiger partial charge < -0.3 is 20.3 Å². The number of benzene rings is 4. The highest BCUT2D eigenvalue weighted by Gasteiger charge is 2.35. The second-order valence-corrected chi connectivity index (χ2v) is 8.62. The van der Waals surface area contributed by atoms with E-state index in [1.807, 2.05) is 30.3 Å². The topological polar surface area (TPSA) is 140 Å². The molecule has 1 fully saturated rings. The maximum atomic E-state index is 12.7. The molecule has 0 amide bonds. The number of hydrogen-bond acceptors (Lipinski definition) is 8. The summed E-state index contributed by atoms with van der Waals surface area (Å²) in [5, 5.41) is 39.0. The first kappa shape index (κ1) is 21.4. The molecule has 3 atom stereocenters. The lowest BCUT2D eigenvalue weighted by molar-refractivity contribution is -0.383. The van der Waals surface area contributed by atoms with Gasteiger partial charge in [0.1, 0.15) is 18.1 Å². The number of aliphatic hydroxyl groups excluding tert-OH is 2. The Bertz CT molecular complexity index is 1670. The second kappa shape index (κ2) is 7.98. The number of aromatic nitrogens is 2. The number of anilines is 2. The number of nitrogens with one attached hydrogen (secondary N) is 1. The maximum absolute atomic E-state index is 12.7. The number of hydrogen-bond donors (Lipinski definition) is 3. The molecule has 0 saturated carbocycles. The van der Waals surface area contributed by atoms with E-state index in [-0.39, 0.29) is 23.6 Å². The molecule has 0 spiro atoms. The molecule has 10 nitrogen and oxygen atoms in total. The van der Waals surface area contributed by atoms with Gasteiger partial charge >= 0.3 is 5.69 Å². The maximum Gasteiger partial charge on any atom is 0.351 e. The van der Waals surface area contributed by atoms with Gasteiger partial charge in [-0.15, -0.1) is 0 Å². The molecule has 1 saturated heterocycles. The lowest BCUT2D eigenvalue weighted by atomic mass is 9.93. The highest BCUT2D eigenvalue weighted by atomic mass is 16.6. The zero-order valence-corrected chi connectivity index (χ0v) is 18.3. The molecule has 2 heterocycles. The molecule has 176 valence electrons. The van der Waals surface area contributed by atoms with Crippen molar-refractivity contribution < 1.29 is 19.9 Å². The summed E-state index contributed by atoms with van der Waals surface area (Å²) < 4.78 is 6.84. The lowest BCUT2D eigenvalue weighted by Crippen LogP contribution is -2.27. The van der Waals surface area contributed by atoms with Crippen molar-refractivity contribution in [1.82, 2.24) is 9.55 Å². The van der Waals surface area contributed by atoms with E-state index >= 15 is 0 Å². The lowest BCUT2D eigenvalue weighted by Gasteiger charge is -2.16. The van der Waals surface area contributed by atoms with Crippen LogP contribution in [0.4, 0.5) is 17.2 Å². The number of ether oxygens (including phenoxy) is 1. The molecular formula is C25H20N4O6. The summed E-state index contributed by atoms with van der Waals surface area (Å²) in [7, 11) is 0. The summed E-state index contributed by atoms with van der Waals surface area (Å²) in [6, 6.07) is 16.2. The van der Waals surface area contributed by atoms with Gasteiger partial charge in [0.05, 0.1) is 23.0 Å². The number of nitro benzene ring substituents is 1. The Balaban J connectivity index is 1.41. The van der Waals surface area contributed by atoms with Crippen LogP contribution in [0.25, 0.3) is 32.3 Å². The zero-order chi connectivity index (χ0) is 24.3. The first-order valence-corrected chi connectivity index (χ1v) is 11.1. The first-order chi connectivity index (χ1) is 16.9. The van der Waals surface area contributed by atoms with Crippen LogP contribution in [0.2, 0.25) is 0 Å². The smallest absolute Gasteiger partial charge is 0.351 e. The highest BCUT2D eigenvalue weighted by molar-refractivity contribution is 6.26. The third-order valence-electron chi connectivity index (χ3n) is 6.63. The predicted molar refractivity (Wildman–Crippen MR) is 130 cm³/mol. The van der Waals surface area contributed by atoms with E-state index in [1.165, 1.54) is 16.8 Å². The van der Waals surface area contributed by atoms with E-state index in [9.17, 15) is 25.1 Å². The van der Waals surface area contributed by atoms with Gasteiger partial charge in [0.25, 0.3) is 5.69 Å². The van der Waals surface area contributed by atoms with Gasteiger partial charge in [0.2, 0.25) is 0 Å². The second-order valence-electron chi connectivity index (χ2n) is 8.62. The van der Waals surface area contributed by atoms with Crippen LogP contribution in [0, 0.1) is 10.1 Å². The van der Waals surface area contributed by atoms with Crippen molar-refractivity contribution in [3.05, 3.63) is 81.4 Å². The van der Waals surface area contributed by atoms with E-state index in [4.69, 9.17) is 4.74 Å². The molecular weight excluding hydrogens is 452 g/mol. The van der Waals surface area contributed by atoms with E-state index in [0.29, 0.717) is 16.9 Å². The van der Waals surface area contributed by atoms with Crippen LogP contribution in [0.3, 0.4) is 0 Å². The number of non-ortho nitro benzene ring substituents is 1. The number of nitro groups is 1. The number of aliphatic hydroxyl groups is 2. The average Bonchev–Trinajstić information content (AvgIpc) is 3.23. The number of rotatable bonds is 5. The normalized spacial score (nSPS) is 20.2. The molecule has 10 heteroatoms. The SMILES string of the molecule is O=c1nc(Nc2ccc3ccc4c([N+](=O)[O-])ccc5ccc2c3c54)ccn1[C@H]1C[C@H](O)[C@@H](CO)O1. The van der Waals surface area contributed by atoms with Gasteiger partial charge in [0.15, 0.2) is 0 Å². The monoisotopic (exact) mass is 472 g/mol. The number of nitrogens with zero attached hydrogens (tertiary/aromatic N) is 3. The van der Waals surface area contributed by atoms with E-state index in [2.05, 4.69) is 10.3 Å². The van der Waals surface area contributed by atoms with Crippen LogP contribution in [-0.2, 0) is 4.74 Å². The Morgan fingerprint density at radius 1 is 1.06 bits per heavy atom. The van der Waals surface area contributed by atoms with Crippen LogP contribution in [-0.4, -0.2) is 43.5 Å². The van der Waals surface area contributed by atoms with Gasteiger partial charge in [-0.25, -0.2) is 4.79 Å².